The van der Waals surface area contributed by atoms with Crippen LogP contribution in [0.3, 0.4) is 0 Å². The fourth-order valence-electron chi connectivity index (χ4n) is 4.86. The minimum absolute atomic E-state index is 0.142. The van der Waals surface area contributed by atoms with Gasteiger partial charge in [0.2, 0.25) is 0 Å². The lowest BCUT2D eigenvalue weighted by Gasteiger charge is -2.27. The summed E-state index contributed by atoms with van der Waals surface area (Å²) in [6, 6.07) is 23.9. The van der Waals surface area contributed by atoms with E-state index in [0.717, 1.165) is 32.1 Å². The Labute approximate surface area is 201 Å². The number of hydrogen-bond donors (Lipinski definition) is 0. The molecule has 3 aromatic rings. The number of benzene rings is 3. The molecule has 0 saturated heterocycles. The first-order valence-electron chi connectivity index (χ1n) is 12.3. The van der Waals surface area contributed by atoms with Gasteiger partial charge in [-0.1, -0.05) is 61.5 Å². The van der Waals surface area contributed by atoms with Crippen LogP contribution in [-0.2, 0) is 11.2 Å². The van der Waals surface area contributed by atoms with Crippen LogP contribution >= 0.6 is 0 Å². The van der Waals surface area contributed by atoms with Crippen LogP contribution in [0, 0.1) is 11.7 Å². The van der Waals surface area contributed by atoms with Crippen molar-refractivity contribution in [3.8, 4) is 11.5 Å². The molecule has 178 valence electrons. The van der Waals surface area contributed by atoms with Crippen LogP contribution in [0.5, 0.6) is 11.5 Å². The van der Waals surface area contributed by atoms with E-state index in [1.807, 2.05) is 0 Å². The van der Waals surface area contributed by atoms with Crippen molar-refractivity contribution in [3.63, 3.8) is 0 Å². The van der Waals surface area contributed by atoms with Crippen molar-refractivity contribution in [1.29, 1.82) is 0 Å². The Kier molecular flexibility index (Phi) is 7.99. The van der Waals surface area contributed by atoms with Gasteiger partial charge in [0, 0.05) is 6.07 Å². The molecule has 4 heteroatoms. The third-order valence-corrected chi connectivity index (χ3v) is 6.84. The largest absolute Gasteiger partial charge is 0.491 e. The molecule has 3 nitrogen and oxygen atoms in total. The summed E-state index contributed by atoms with van der Waals surface area (Å²) in [5.41, 5.74) is 4.06. The molecule has 1 atom stereocenters. The predicted octanol–water partition coefficient (Wildman–Crippen LogP) is 7.45. The number of halogens is 1. The van der Waals surface area contributed by atoms with Gasteiger partial charge in [0.1, 0.15) is 5.75 Å². The highest BCUT2D eigenvalue weighted by atomic mass is 19.1. The van der Waals surface area contributed by atoms with Crippen LogP contribution < -0.4 is 9.47 Å². The predicted molar refractivity (Wildman–Crippen MR) is 133 cm³/mol. The molecule has 3 aromatic carbocycles. The van der Waals surface area contributed by atoms with Crippen LogP contribution in [0.25, 0.3) is 0 Å². The molecule has 0 bridgehead atoms. The first-order valence-corrected chi connectivity index (χ1v) is 12.3. The minimum Gasteiger partial charge on any atom is -0.491 e. The van der Waals surface area contributed by atoms with Crippen molar-refractivity contribution >= 4 is 5.97 Å². The fraction of sp³-hybridized carbons (Fsp3) is 0.367. The molecule has 0 N–H and O–H groups in total. The summed E-state index contributed by atoms with van der Waals surface area (Å²) in [6.07, 6.45) is 4.51. The second kappa shape index (κ2) is 11.3. The molecule has 0 spiro atoms. The summed E-state index contributed by atoms with van der Waals surface area (Å²) in [5, 5.41) is 0. The Hall–Kier alpha value is -3.14. The van der Waals surface area contributed by atoms with Crippen LogP contribution in [-0.4, -0.2) is 12.6 Å². The third-order valence-electron chi connectivity index (χ3n) is 6.84. The van der Waals surface area contributed by atoms with E-state index >= 15 is 0 Å². The molecule has 1 aliphatic carbocycles. The Bertz CT molecular complexity index is 1070. The van der Waals surface area contributed by atoms with E-state index in [0.29, 0.717) is 18.4 Å². The lowest BCUT2D eigenvalue weighted by Crippen LogP contribution is -2.25. The van der Waals surface area contributed by atoms with Crippen LogP contribution in [0.1, 0.15) is 68.1 Å². The molecule has 1 saturated carbocycles. The van der Waals surface area contributed by atoms with Crippen molar-refractivity contribution in [2.45, 2.75) is 57.8 Å². The summed E-state index contributed by atoms with van der Waals surface area (Å²) in [5.74, 6) is 0.420. The first-order chi connectivity index (χ1) is 16.5. The van der Waals surface area contributed by atoms with E-state index in [2.05, 4.69) is 61.5 Å². The van der Waals surface area contributed by atoms with Gasteiger partial charge in [0.25, 0.3) is 0 Å². The maximum atomic E-state index is 14.0. The maximum absolute atomic E-state index is 14.0. The molecule has 0 aliphatic heterocycles. The molecule has 0 heterocycles. The van der Waals surface area contributed by atoms with Crippen molar-refractivity contribution in [3.05, 3.63) is 95.3 Å². The highest BCUT2D eigenvalue weighted by Gasteiger charge is 2.28. The lowest BCUT2D eigenvalue weighted by atomic mass is 9.78. The molecule has 34 heavy (non-hydrogen) atoms. The average molecular weight is 461 g/mol. The zero-order valence-electron chi connectivity index (χ0n) is 20.0. The minimum atomic E-state index is -0.516. The van der Waals surface area contributed by atoms with E-state index in [9.17, 15) is 9.18 Å². The SMILES string of the molecule is CCOc1ccc(OC(=O)C2CCC(c3ccc(C[C@@H](C)c4ccccc4)cc3)CC2)cc1F. The second-order valence-corrected chi connectivity index (χ2v) is 9.25. The Morgan fingerprint density at radius 3 is 2.32 bits per heavy atom. The van der Waals surface area contributed by atoms with Crippen LogP contribution in [0.15, 0.2) is 72.8 Å². The molecular weight excluding hydrogens is 427 g/mol. The number of esters is 1. The van der Waals surface area contributed by atoms with Crippen molar-refractivity contribution in [1.82, 2.24) is 0 Å². The third kappa shape index (κ3) is 6.05. The zero-order valence-corrected chi connectivity index (χ0v) is 20.0. The second-order valence-electron chi connectivity index (χ2n) is 9.25. The topological polar surface area (TPSA) is 35.5 Å². The number of carbonyl (C=O) groups excluding carboxylic acids is 1. The smallest absolute Gasteiger partial charge is 0.314 e. The van der Waals surface area contributed by atoms with Gasteiger partial charge in [-0.3, -0.25) is 4.79 Å². The lowest BCUT2D eigenvalue weighted by molar-refractivity contribution is -0.140. The normalized spacial score (nSPS) is 18.8. The Balaban J connectivity index is 1.28. The number of carbonyl (C=O) groups is 1. The summed E-state index contributed by atoms with van der Waals surface area (Å²) in [6.45, 7) is 4.45. The van der Waals surface area contributed by atoms with Crippen molar-refractivity contribution < 1.29 is 18.7 Å². The highest BCUT2D eigenvalue weighted by molar-refractivity contribution is 5.75. The molecule has 0 unspecified atom stereocenters. The van der Waals surface area contributed by atoms with Crippen molar-refractivity contribution in [2.75, 3.05) is 6.61 Å². The molecule has 0 amide bonds. The summed E-state index contributed by atoms with van der Waals surface area (Å²) in [4.78, 5) is 12.6. The van der Waals surface area contributed by atoms with E-state index in [1.54, 1.807) is 13.0 Å². The standard InChI is InChI=1S/C30H33FO3/c1-3-33-29-18-17-27(20-28(29)31)34-30(32)26-15-13-25(14-16-26)24-11-9-22(10-12-24)19-21(2)23-7-5-4-6-8-23/h4-12,17-18,20-21,25-26H,3,13-16,19H2,1-2H3/t21-,25?,26?/m1/s1. The number of hydrogen-bond acceptors (Lipinski definition) is 3. The van der Waals surface area contributed by atoms with Gasteiger partial charge in [-0.15, -0.1) is 0 Å². The fourth-order valence-corrected chi connectivity index (χ4v) is 4.86. The van der Waals surface area contributed by atoms with E-state index in [1.165, 1.54) is 28.8 Å². The molecule has 0 aromatic heterocycles. The van der Waals surface area contributed by atoms with E-state index in [4.69, 9.17) is 9.47 Å². The zero-order chi connectivity index (χ0) is 23.9. The van der Waals surface area contributed by atoms with Gasteiger partial charge in [-0.2, -0.15) is 0 Å². The van der Waals surface area contributed by atoms with E-state index in [-0.39, 0.29) is 23.4 Å². The first kappa shape index (κ1) is 24.0. The Morgan fingerprint density at radius 2 is 1.68 bits per heavy atom. The molecule has 4 rings (SSSR count). The van der Waals surface area contributed by atoms with Gasteiger partial charge in [0.15, 0.2) is 11.6 Å². The molecule has 0 radical (unpaired) electrons. The van der Waals surface area contributed by atoms with Gasteiger partial charge in [-0.25, -0.2) is 4.39 Å². The molecular formula is C30H33FO3. The molecule has 1 fully saturated rings. The van der Waals surface area contributed by atoms with Crippen molar-refractivity contribution in [2.24, 2.45) is 5.92 Å². The highest BCUT2D eigenvalue weighted by Crippen LogP contribution is 2.37. The van der Waals surface area contributed by atoms with Gasteiger partial charge >= 0.3 is 5.97 Å². The maximum Gasteiger partial charge on any atom is 0.314 e. The summed E-state index contributed by atoms with van der Waals surface area (Å²) < 4.78 is 24.7. The monoisotopic (exact) mass is 460 g/mol. The molecule has 1 aliphatic rings. The number of rotatable bonds is 8. The van der Waals surface area contributed by atoms with Gasteiger partial charge in [-0.05, 0) is 79.7 Å². The van der Waals surface area contributed by atoms with E-state index < -0.39 is 5.82 Å². The average Bonchev–Trinajstić information content (AvgIpc) is 2.87. The van der Waals surface area contributed by atoms with Gasteiger partial charge < -0.3 is 9.47 Å². The quantitative estimate of drug-likeness (QED) is 0.259. The van der Waals surface area contributed by atoms with Crippen LogP contribution in [0.4, 0.5) is 4.39 Å². The summed E-state index contributed by atoms with van der Waals surface area (Å²) >= 11 is 0. The number of ether oxygens (including phenoxy) is 2. The van der Waals surface area contributed by atoms with Gasteiger partial charge in [0.05, 0.1) is 12.5 Å². The van der Waals surface area contributed by atoms with Crippen LogP contribution in [0.2, 0.25) is 0 Å². The summed E-state index contributed by atoms with van der Waals surface area (Å²) in [7, 11) is 0. The Morgan fingerprint density at radius 1 is 0.971 bits per heavy atom.